The van der Waals surface area contributed by atoms with Crippen LogP contribution in [0.2, 0.25) is 0 Å². The number of amides is 1. The van der Waals surface area contributed by atoms with Gasteiger partial charge < -0.3 is 5.32 Å². The summed E-state index contributed by atoms with van der Waals surface area (Å²) in [7, 11) is 0. The third-order valence-electron chi connectivity index (χ3n) is 5.04. The second-order valence-corrected chi connectivity index (χ2v) is 8.83. The Morgan fingerprint density at radius 1 is 1.21 bits per heavy atom. The summed E-state index contributed by atoms with van der Waals surface area (Å²) in [5.41, 5.74) is -1.72. The van der Waals surface area contributed by atoms with Gasteiger partial charge in [0.15, 0.2) is 5.16 Å². The number of nitrogens with zero attached hydrogens (tertiary/aromatic N) is 4. The van der Waals surface area contributed by atoms with Gasteiger partial charge in [0.05, 0.1) is 21.4 Å². The fraction of sp³-hybridized carbons (Fsp3) is 0.286. The third-order valence-corrected chi connectivity index (χ3v) is 6.09. The Kier molecular flexibility index (Phi) is 6.11. The number of non-ortho nitro benzene ring substituents is 1. The lowest BCUT2D eigenvalue weighted by atomic mass is 10.1. The van der Waals surface area contributed by atoms with Gasteiger partial charge in [-0.2, -0.15) is 13.2 Å². The van der Waals surface area contributed by atoms with E-state index in [2.05, 4.69) is 15.5 Å². The van der Waals surface area contributed by atoms with Crippen molar-refractivity contribution in [2.24, 2.45) is 0 Å². The molecule has 1 aliphatic rings. The summed E-state index contributed by atoms with van der Waals surface area (Å²) >= 11 is 1.07. The van der Waals surface area contributed by atoms with Crippen molar-refractivity contribution in [1.82, 2.24) is 14.8 Å². The van der Waals surface area contributed by atoms with Crippen molar-refractivity contribution in [2.45, 2.75) is 42.3 Å². The van der Waals surface area contributed by atoms with Crippen molar-refractivity contribution < 1.29 is 22.9 Å². The Bertz CT molecular complexity index is 1200. The first-order chi connectivity index (χ1) is 15.6. The lowest BCUT2D eigenvalue weighted by Crippen LogP contribution is -2.24. The summed E-state index contributed by atoms with van der Waals surface area (Å²) in [6.07, 6.45) is -2.89. The van der Waals surface area contributed by atoms with E-state index in [0.717, 1.165) is 48.2 Å². The van der Waals surface area contributed by atoms with Gasteiger partial charge in [0, 0.05) is 23.7 Å². The molecule has 0 spiro atoms. The van der Waals surface area contributed by atoms with Crippen molar-refractivity contribution in [3.05, 3.63) is 70.0 Å². The highest BCUT2D eigenvalue weighted by Gasteiger charge is 2.36. The number of anilines is 1. The van der Waals surface area contributed by atoms with Crippen LogP contribution in [0.5, 0.6) is 0 Å². The van der Waals surface area contributed by atoms with Crippen LogP contribution in [0.25, 0.3) is 5.69 Å². The van der Waals surface area contributed by atoms with E-state index in [1.54, 1.807) is 6.92 Å². The van der Waals surface area contributed by atoms with Crippen LogP contribution in [-0.4, -0.2) is 30.8 Å². The van der Waals surface area contributed by atoms with Gasteiger partial charge in [0.25, 0.3) is 5.69 Å². The smallest absolute Gasteiger partial charge is 0.325 e. The summed E-state index contributed by atoms with van der Waals surface area (Å²) in [6.45, 7) is 1.54. The van der Waals surface area contributed by atoms with Crippen molar-refractivity contribution in [2.75, 3.05) is 5.32 Å². The molecule has 1 fully saturated rings. The molecule has 8 nitrogen and oxygen atoms in total. The SMILES string of the molecule is CC(Sc1nnc(C2CC2)n1-c1ccccc1)C(=O)Nc1ccc([N+](=O)[O-])cc1C(F)(F)F. The lowest BCUT2D eigenvalue weighted by molar-refractivity contribution is -0.385. The average molecular weight is 477 g/mol. The standard InChI is InChI=1S/C21H18F3N5O3S/c1-12(19(30)25-17-10-9-15(29(31)32)11-16(17)21(22,23)24)33-20-27-26-18(13-7-8-13)28(20)14-5-3-2-4-6-14/h2-6,9-13H,7-8H2,1H3,(H,25,30). The van der Waals surface area contributed by atoms with Crippen LogP contribution in [0, 0.1) is 10.1 Å². The monoisotopic (exact) mass is 477 g/mol. The van der Waals surface area contributed by atoms with Crippen LogP contribution in [-0.2, 0) is 11.0 Å². The molecule has 33 heavy (non-hydrogen) atoms. The van der Waals surface area contributed by atoms with Gasteiger partial charge in [0.1, 0.15) is 5.82 Å². The number of para-hydroxylation sites is 1. The number of carbonyl (C=O) groups is 1. The zero-order valence-electron chi connectivity index (χ0n) is 17.2. The predicted molar refractivity (Wildman–Crippen MR) is 115 cm³/mol. The van der Waals surface area contributed by atoms with E-state index < -0.39 is 39.2 Å². The highest BCUT2D eigenvalue weighted by atomic mass is 32.2. The van der Waals surface area contributed by atoms with Gasteiger partial charge in [-0.3, -0.25) is 19.5 Å². The van der Waals surface area contributed by atoms with Crippen LogP contribution in [0.3, 0.4) is 0 Å². The molecular weight excluding hydrogens is 459 g/mol. The van der Waals surface area contributed by atoms with Crippen molar-refractivity contribution in [1.29, 1.82) is 0 Å². The fourth-order valence-corrected chi connectivity index (χ4v) is 4.09. The molecule has 1 heterocycles. The highest BCUT2D eigenvalue weighted by molar-refractivity contribution is 8.00. The summed E-state index contributed by atoms with van der Waals surface area (Å²) < 4.78 is 42.1. The quantitative estimate of drug-likeness (QED) is 0.285. The predicted octanol–water partition coefficient (Wildman–Crippen LogP) is 5.19. The van der Waals surface area contributed by atoms with E-state index in [0.29, 0.717) is 11.2 Å². The first kappa shape index (κ1) is 22.8. The number of carbonyl (C=O) groups excluding carboxylic acids is 1. The number of nitro groups is 1. The Hall–Kier alpha value is -3.41. The molecule has 0 saturated heterocycles. The van der Waals surface area contributed by atoms with Gasteiger partial charge in [-0.1, -0.05) is 30.0 Å². The second kappa shape index (κ2) is 8.85. The number of halogens is 3. The molecule has 1 atom stereocenters. The van der Waals surface area contributed by atoms with Gasteiger partial charge in [-0.05, 0) is 38.0 Å². The summed E-state index contributed by atoms with van der Waals surface area (Å²) in [5.74, 6) is 0.367. The van der Waals surface area contributed by atoms with Crippen LogP contribution >= 0.6 is 11.8 Å². The molecule has 1 unspecified atom stereocenters. The van der Waals surface area contributed by atoms with Gasteiger partial charge >= 0.3 is 6.18 Å². The first-order valence-electron chi connectivity index (χ1n) is 9.99. The topological polar surface area (TPSA) is 103 Å². The fourth-order valence-electron chi connectivity index (χ4n) is 3.22. The largest absolute Gasteiger partial charge is 0.418 e. The van der Waals surface area contributed by atoms with Crippen LogP contribution < -0.4 is 5.32 Å². The number of benzene rings is 2. The molecule has 2 aromatic carbocycles. The maximum absolute atomic E-state index is 13.4. The van der Waals surface area contributed by atoms with E-state index in [4.69, 9.17) is 0 Å². The Balaban J connectivity index is 1.57. The van der Waals surface area contributed by atoms with Crippen LogP contribution in [0.15, 0.2) is 53.7 Å². The minimum atomic E-state index is -4.88. The van der Waals surface area contributed by atoms with Crippen molar-refractivity contribution >= 4 is 29.0 Å². The van der Waals surface area contributed by atoms with Gasteiger partial charge in [0.2, 0.25) is 5.91 Å². The molecular formula is C21H18F3N5O3S. The zero-order chi connectivity index (χ0) is 23.8. The number of thioether (sulfide) groups is 1. The molecule has 0 radical (unpaired) electrons. The normalized spacial score (nSPS) is 14.7. The highest BCUT2D eigenvalue weighted by Crippen LogP contribution is 2.42. The molecule has 1 N–H and O–H groups in total. The maximum Gasteiger partial charge on any atom is 0.418 e. The average Bonchev–Trinajstić information content (AvgIpc) is 3.54. The molecule has 1 saturated carbocycles. The first-order valence-corrected chi connectivity index (χ1v) is 10.9. The number of nitrogens with one attached hydrogen (secondary N) is 1. The second-order valence-electron chi connectivity index (χ2n) is 7.52. The molecule has 172 valence electrons. The minimum absolute atomic E-state index is 0.283. The van der Waals surface area contributed by atoms with Crippen molar-refractivity contribution in [3.63, 3.8) is 0 Å². The summed E-state index contributed by atoms with van der Waals surface area (Å²) in [5, 5.41) is 21.2. The molecule has 1 aromatic heterocycles. The van der Waals surface area contributed by atoms with Crippen LogP contribution in [0.4, 0.5) is 24.5 Å². The van der Waals surface area contributed by atoms with E-state index in [1.807, 2.05) is 34.9 Å². The Morgan fingerprint density at radius 3 is 2.52 bits per heavy atom. The van der Waals surface area contributed by atoms with E-state index >= 15 is 0 Å². The van der Waals surface area contributed by atoms with Gasteiger partial charge in [-0.15, -0.1) is 10.2 Å². The summed E-state index contributed by atoms with van der Waals surface area (Å²) in [4.78, 5) is 22.7. The van der Waals surface area contributed by atoms with E-state index in [-0.39, 0.29) is 5.92 Å². The van der Waals surface area contributed by atoms with E-state index in [1.165, 1.54) is 0 Å². The molecule has 3 aromatic rings. The number of aromatic nitrogens is 3. The molecule has 1 aliphatic carbocycles. The van der Waals surface area contributed by atoms with Crippen molar-refractivity contribution in [3.8, 4) is 5.69 Å². The molecule has 0 aliphatic heterocycles. The number of nitro benzene ring substituents is 1. The number of alkyl halides is 3. The maximum atomic E-state index is 13.4. The Labute approximate surface area is 190 Å². The van der Waals surface area contributed by atoms with E-state index in [9.17, 15) is 28.1 Å². The lowest BCUT2D eigenvalue weighted by Gasteiger charge is -2.16. The third kappa shape index (κ3) is 5.00. The number of hydrogen-bond donors (Lipinski definition) is 1. The Morgan fingerprint density at radius 2 is 1.91 bits per heavy atom. The van der Waals surface area contributed by atoms with Crippen LogP contribution in [0.1, 0.15) is 37.1 Å². The minimum Gasteiger partial charge on any atom is -0.325 e. The zero-order valence-corrected chi connectivity index (χ0v) is 18.1. The molecule has 0 bridgehead atoms. The molecule has 12 heteroatoms. The molecule has 4 rings (SSSR count). The number of hydrogen-bond acceptors (Lipinski definition) is 6. The van der Waals surface area contributed by atoms with Gasteiger partial charge in [-0.25, -0.2) is 0 Å². The number of rotatable bonds is 7. The molecule has 1 amide bonds. The summed E-state index contributed by atoms with van der Waals surface area (Å²) in [6, 6.07) is 11.6.